The maximum atomic E-state index is 10.9. The van der Waals surface area contributed by atoms with Crippen LogP contribution in [0.3, 0.4) is 0 Å². The number of carbonyl (C=O) groups is 1. The third-order valence-corrected chi connectivity index (χ3v) is 2.75. The third-order valence-electron chi connectivity index (χ3n) is 2.75. The van der Waals surface area contributed by atoms with Gasteiger partial charge in [0.15, 0.2) is 0 Å². The van der Waals surface area contributed by atoms with E-state index in [-0.39, 0.29) is 5.91 Å². The van der Waals surface area contributed by atoms with Crippen LogP contribution in [0.2, 0.25) is 0 Å². The van der Waals surface area contributed by atoms with Gasteiger partial charge in [0.25, 0.3) is 0 Å². The summed E-state index contributed by atoms with van der Waals surface area (Å²) in [4.78, 5) is 10.9. The van der Waals surface area contributed by atoms with Gasteiger partial charge in [-0.25, -0.2) is 0 Å². The first kappa shape index (κ1) is 10.5. The number of amides is 1. The van der Waals surface area contributed by atoms with Gasteiger partial charge < -0.3 is 10.6 Å². The number of nitrogens with one attached hydrogen (secondary N) is 2. The molecule has 1 saturated heterocycles. The Morgan fingerprint density at radius 3 is 2.77 bits per heavy atom. The Morgan fingerprint density at radius 1 is 1.46 bits per heavy atom. The van der Waals surface area contributed by atoms with Crippen molar-refractivity contribution in [2.24, 2.45) is 5.92 Å². The molecule has 1 aliphatic rings. The van der Waals surface area contributed by atoms with Gasteiger partial charge in [-0.15, -0.1) is 0 Å². The monoisotopic (exact) mass is 184 g/mol. The molecule has 3 nitrogen and oxygen atoms in total. The van der Waals surface area contributed by atoms with E-state index >= 15 is 0 Å². The van der Waals surface area contributed by atoms with E-state index < -0.39 is 0 Å². The number of hydrogen-bond acceptors (Lipinski definition) is 2. The molecule has 0 aromatic rings. The summed E-state index contributed by atoms with van der Waals surface area (Å²) in [5, 5.41) is 6.00. The van der Waals surface area contributed by atoms with E-state index in [1.54, 1.807) is 7.05 Å². The maximum Gasteiger partial charge on any atom is 0.219 e. The van der Waals surface area contributed by atoms with Crippen LogP contribution in [-0.2, 0) is 4.79 Å². The van der Waals surface area contributed by atoms with Gasteiger partial charge in [-0.3, -0.25) is 4.79 Å². The second kappa shape index (κ2) is 5.97. The van der Waals surface area contributed by atoms with Gasteiger partial charge in [-0.1, -0.05) is 0 Å². The van der Waals surface area contributed by atoms with E-state index in [0.29, 0.717) is 6.42 Å². The van der Waals surface area contributed by atoms with E-state index in [1.807, 2.05) is 0 Å². The standard InChI is InChI=1S/C10H20N2O/c1-11-10(13)4-2-3-9-5-7-12-8-6-9/h9,12H,2-8H2,1H3,(H,11,13). The zero-order chi connectivity index (χ0) is 9.52. The molecule has 0 unspecified atom stereocenters. The van der Waals surface area contributed by atoms with Crippen LogP contribution >= 0.6 is 0 Å². The quantitative estimate of drug-likeness (QED) is 0.681. The van der Waals surface area contributed by atoms with Crippen LogP contribution in [-0.4, -0.2) is 26.0 Å². The molecule has 13 heavy (non-hydrogen) atoms. The van der Waals surface area contributed by atoms with Crippen molar-refractivity contribution in [2.45, 2.75) is 32.1 Å². The highest BCUT2D eigenvalue weighted by molar-refractivity contribution is 5.75. The lowest BCUT2D eigenvalue weighted by atomic mass is 9.92. The molecule has 0 aromatic carbocycles. The van der Waals surface area contributed by atoms with E-state index in [1.165, 1.54) is 19.3 Å². The summed E-state index contributed by atoms with van der Waals surface area (Å²) in [5.74, 6) is 1.03. The highest BCUT2D eigenvalue weighted by Gasteiger charge is 2.12. The van der Waals surface area contributed by atoms with Crippen LogP contribution in [0.4, 0.5) is 0 Å². The number of carbonyl (C=O) groups excluding carboxylic acids is 1. The molecule has 3 heteroatoms. The van der Waals surface area contributed by atoms with Gasteiger partial charge >= 0.3 is 0 Å². The first-order chi connectivity index (χ1) is 6.33. The lowest BCUT2D eigenvalue weighted by Gasteiger charge is -2.22. The Bertz CT molecular complexity index is 153. The maximum absolute atomic E-state index is 10.9. The van der Waals surface area contributed by atoms with Crippen molar-refractivity contribution in [1.82, 2.24) is 10.6 Å². The highest BCUT2D eigenvalue weighted by Crippen LogP contribution is 2.18. The average molecular weight is 184 g/mol. The first-order valence-electron chi connectivity index (χ1n) is 5.24. The molecule has 0 aliphatic carbocycles. The summed E-state index contributed by atoms with van der Waals surface area (Å²) < 4.78 is 0. The van der Waals surface area contributed by atoms with Gasteiger partial charge in [0.05, 0.1) is 0 Å². The molecule has 0 bridgehead atoms. The zero-order valence-electron chi connectivity index (χ0n) is 8.44. The predicted octanol–water partition coefficient (Wildman–Crippen LogP) is 0.902. The van der Waals surface area contributed by atoms with Crippen molar-refractivity contribution in [2.75, 3.05) is 20.1 Å². The molecular formula is C10H20N2O. The fraction of sp³-hybridized carbons (Fsp3) is 0.900. The van der Waals surface area contributed by atoms with Crippen LogP contribution in [0.15, 0.2) is 0 Å². The highest BCUT2D eigenvalue weighted by atomic mass is 16.1. The molecule has 0 saturated carbocycles. The van der Waals surface area contributed by atoms with E-state index in [2.05, 4.69) is 10.6 Å². The first-order valence-corrected chi connectivity index (χ1v) is 5.24. The van der Waals surface area contributed by atoms with Crippen molar-refractivity contribution >= 4 is 5.91 Å². The van der Waals surface area contributed by atoms with E-state index in [0.717, 1.165) is 25.4 Å². The molecular weight excluding hydrogens is 164 g/mol. The number of hydrogen-bond donors (Lipinski definition) is 2. The molecule has 1 aliphatic heterocycles. The summed E-state index contributed by atoms with van der Waals surface area (Å²) in [6, 6.07) is 0. The zero-order valence-corrected chi connectivity index (χ0v) is 8.44. The second-order valence-electron chi connectivity index (χ2n) is 3.76. The minimum atomic E-state index is 0.175. The van der Waals surface area contributed by atoms with Crippen LogP contribution in [0.5, 0.6) is 0 Å². The molecule has 1 fully saturated rings. The van der Waals surface area contributed by atoms with Crippen molar-refractivity contribution in [3.8, 4) is 0 Å². The molecule has 76 valence electrons. The minimum Gasteiger partial charge on any atom is -0.359 e. The Kier molecular flexibility index (Phi) is 4.83. The van der Waals surface area contributed by atoms with Crippen LogP contribution in [0.1, 0.15) is 32.1 Å². The lowest BCUT2D eigenvalue weighted by Crippen LogP contribution is -2.27. The molecule has 2 N–H and O–H groups in total. The SMILES string of the molecule is CNC(=O)CCCC1CCNCC1. The Hall–Kier alpha value is -0.570. The summed E-state index contributed by atoms with van der Waals surface area (Å²) in [7, 11) is 1.70. The Labute approximate surface area is 80.3 Å². The van der Waals surface area contributed by atoms with Gasteiger partial charge in [0, 0.05) is 13.5 Å². The fourth-order valence-corrected chi connectivity index (χ4v) is 1.85. The molecule has 1 rings (SSSR count). The van der Waals surface area contributed by atoms with Crippen molar-refractivity contribution in [1.29, 1.82) is 0 Å². The second-order valence-corrected chi connectivity index (χ2v) is 3.76. The summed E-state index contributed by atoms with van der Waals surface area (Å²) >= 11 is 0. The predicted molar refractivity (Wildman–Crippen MR) is 53.5 cm³/mol. The Balaban J connectivity index is 2.01. The summed E-state index contributed by atoms with van der Waals surface area (Å²) in [6.45, 7) is 2.31. The number of piperidine rings is 1. The van der Waals surface area contributed by atoms with Crippen molar-refractivity contribution < 1.29 is 4.79 Å². The largest absolute Gasteiger partial charge is 0.359 e. The minimum absolute atomic E-state index is 0.175. The topological polar surface area (TPSA) is 41.1 Å². The van der Waals surface area contributed by atoms with Crippen molar-refractivity contribution in [3.63, 3.8) is 0 Å². The van der Waals surface area contributed by atoms with Crippen LogP contribution < -0.4 is 10.6 Å². The van der Waals surface area contributed by atoms with Crippen molar-refractivity contribution in [3.05, 3.63) is 0 Å². The van der Waals surface area contributed by atoms with E-state index in [9.17, 15) is 4.79 Å². The molecule has 0 atom stereocenters. The van der Waals surface area contributed by atoms with Gasteiger partial charge in [-0.2, -0.15) is 0 Å². The molecule has 1 amide bonds. The smallest absolute Gasteiger partial charge is 0.219 e. The van der Waals surface area contributed by atoms with Gasteiger partial charge in [0.1, 0.15) is 0 Å². The third kappa shape index (κ3) is 4.27. The molecule has 0 spiro atoms. The normalized spacial score (nSPS) is 18.5. The van der Waals surface area contributed by atoms with Crippen LogP contribution in [0, 0.1) is 5.92 Å². The summed E-state index contributed by atoms with van der Waals surface area (Å²) in [6.07, 6.45) is 5.53. The lowest BCUT2D eigenvalue weighted by molar-refractivity contribution is -0.120. The van der Waals surface area contributed by atoms with Gasteiger partial charge in [0.2, 0.25) is 5.91 Å². The van der Waals surface area contributed by atoms with E-state index in [4.69, 9.17) is 0 Å². The van der Waals surface area contributed by atoms with Gasteiger partial charge in [-0.05, 0) is 44.7 Å². The molecule has 0 aromatic heterocycles. The average Bonchev–Trinajstić information content (AvgIpc) is 2.19. The molecule has 0 radical (unpaired) electrons. The van der Waals surface area contributed by atoms with Crippen LogP contribution in [0.25, 0.3) is 0 Å². The summed E-state index contributed by atoms with van der Waals surface area (Å²) in [5.41, 5.74) is 0. The fourth-order valence-electron chi connectivity index (χ4n) is 1.85. The number of rotatable bonds is 4. The Morgan fingerprint density at radius 2 is 2.15 bits per heavy atom. The molecule has 1 heterocycles.